The average molecular weight is 345 g/mol. The molecule has 0 heterocycles. The van der Waals surface area contributed by atoms with Crippen molar-refractivity contribution in [3.63, 3.8) is 0 Å². The molecule has 0 unspecified atom stereocenters. The molecule has 0 saturated carbocycles. The minimum atomic E-state index is -1.45. The molecule has 144 valence electrons. The lowest BCUT2D eigenvalue weighted by Gasteiger charge is -2.28. The van der Waals surface area contributed by atoms with Crippen molar-refractivity contribution in [1.29, 1.82) is 0 Å². The molecule has 0 spiro atoms. The Hall–Kier alpha value is -0.610. The van der Waals surface area contributed by atoms with Crippen molar-refractivity contribution in [2.24, 2.45) is 0 Å². The first-order valence-electron chi connectivity index (χ1n) is 10.1. The van der Waals surface area contributed by atoms with Gasteiger partial charge in [0, 0.05) is 6.42 Å². The smallest absolute Gasteiger partial charge is 0.364 e. The molecule has 0 aromatic carbocycles. The predicted molar refractivity (Wildman–Crippen MR) is 99.3 cm³/mol. The minimum Gasteiger partial charge on any atom is -0.477 e. The maximum atomic E-state index is 11.6. The van der Waals surface area contributed by atoms with Gasteiger partial charge < -0.3 is 14.6 Å². The minimum absolute atomic E-state index is 0.341. The first kappa shape index (κ1) is 23.4. The van der Waals surface area contributed by atoms with E-state index >= 15 is 0 Å². The lowest BCUT2D eigenvalue weighted by Crippen LogP contribution is -2.44. The number of ether oxygens (including phenoxy) is 2. The molecular formula is C20H40O4. The van der Waals surface area contributed by atoms with Crippen molar-refractivity contribution in [3.8, 4) is 0 Å². The van der Waals surface area contributed by atoms with Crippen LogP contribution in [-0.4, -0.2) is 30.1 Å². The summed E-state index contributed by atoms with van der Waals surface area (Å²) in [6.45, 7) is 7.14. The maximum Gasteiger partial charge on any atom is 0.364 e. The van der Waals surface area contributed by atoms with E-state index in [1.165, 1.54) is 51.4 Å². The van der Waals surface area contributed by atoms with E-state index in [2.05, 4.69) is 13.8 Å². The van der Waals surface area contributed by atoms with Crippen LogP contribution in [0.3, 0.4) is 0 Å². The quantitative estimate of drug-likeness (QED) is 0.247. The molecular weight excluding hydrogens is 304 g/mol. The molecule has 0 aromatic rings. The van der Waals surface area contributed by atoms with Crippen LogP contribution in [0.25, 0.3) is 0 Å². The van der Waals surface area contributed by atoms with Gasteiger partial charge in [-0.1, -0.05) is 85.0 Å². The van der Waals surface area contributed by atoms with Gasteiger partial charge in [-0.25, -0.2) is 4.79 Å². The van der Waals surface area contributed by atoms with E-state index in [1.807, 2.05) is 6.92 Å². The Morgan fingerprint density at radius 2 is 1.08 bits per heavy atom. The van der Waals surface area contributed by atoms with Crippen LogP contribution in [0.15, 0.2) is 0 Å². The van der Waals surface area contributed by atoms with Crippen LogP contribution < -0.4 is 0 Å². The van der Waals surface area contributed by atoms with Gasteiger partial charge >= 0.3 is 5.97 Å². The highest BCUT2D eigenvalue weighted by atomic mass is 16.7. The van der Waals surface area contributed by atoms with Gasteiger partial charge in [0.05, 0.1) is 13.2 Å². The SMILES string of the molecule is CCCCCCCCOC(CC)(OCCCCCCCC)C(=O)O. The highest BCUT2D eigenvalue weighted by molar-refractivity contribution is 5.75. The van der Waals surface area contributed by atoms with E-state index in [0.29, 0.717) is 19.6 Å². The normalized spacial score (nSPS) is 11.8. The number of hydrogen-bond acceptors (Lipinski definition) is 3. The molecule has 0 bridgehead atoms. The van der Waals surface area contributed by atoms with Gasteiger partial charge in [0.25, 0.3) is 5.79 Å². The van der Waals surface area contributed by atoms with Crippen LogP contribution in [0.5, 0.6) is 0 Å². The van der Waals surface area contributed by atoms with E-state index in [1.54, 1.807) is 0 Å². The summed E-state index contributed by atoms with van der Waals surface area (Å²) in [6, 6.07) is 0. The number of carboxylic acids is 1. The predicted octanol–water partition coefficient (Wildman–Crippen LogP) is 5.93. The highest BCUT2D eigenvalue weighted by Gasteiger charge is 2.39. The summed E-state index contributed by atoms with van der Waals surface area (Å²) in [7, 11) is 0. The summed E-state index contributed by atoms with van der Waals surface area (Å²) in [5.41, 5.74) is 0. The fourth-order valence-corrected chi connectivity index (χ4v) is 2.76. The van der Waals surface area contributed by atoms with Crippen LogP contribution >= 0.6 is 0 Å². The third-order valence-corrected chi connectivity index (χ3v) is 4.46. The van der Waals surface area contributed by atoms with E-state index in [0.717, 1.165) is 25.7 Å². The van der Waals surface area contributed by atoms with Crippen molar-refractivity contribution < 1.29 is 19.4 Å². The van der Waals surface area contributed by atoms with Gasteiger partial charge in [-0.05, 0) is 12.8 Å². The Morgan fingerprint density at radius 3 is 1.42 bits per heavy atom. The highest BCUT2D eigenvalue weighted by Crippen LogP contribution is 2.21. The zero-order valence-corrected chi connectivity index (χ0v) is 16.3. The molecule has 1 N–H and O–H groups in total. The summed E-state index contributed by atoms with van der Waals surface area (Å²) in [4.78, 5) is 11.6. The van der Waals surface area contributed by atoms with Crippen molar-refractivity contribution in [2.45, 2.75) is 110 Å². The summed E-state index contributed by atoms with van der Waals surface area (Å²) in [5.74, 6) is -2.45. The van der Waals surface area contributed by atoms with Gasteiger partial charge in [0.2, 0.25) is 0 Å². The second kappa shape index (κ2) is 15.9. The molecule has 0 saturated heterocycles. The summed E-state index contributed by atoms with van der Waals surface area (Å²) < 4.78 is 11.3. The zero-order chi connectivity index (χ0) is 18.1. The molecule has 0 atom stereocenters. The van der Waals surface area contributed by atoms with E-state index < -0.39 is 11.8 Å². The van der Waals surface area contributed by atoms with Gasteiger partial charge in [0.1, 0.15) is 0 Å². The molecule has 0 amide bonds. The summed E-state index contributed by atoms with van der Waals surface area (Å²) >= 11 is 0. The molecule has 24 heavy (non-hydrogen) atoms. The monoisotopic (exact) mass is 344 g/mol. The van der Waals surface area contributed by atoms with Gasteiger partial charge in [-0.3, -0.25) is 0 Å². The fraction of sp³-hybridized carbons (Fsp3) is 0.950. The lowest BCUT2D eigenvalue weighted by molar-refractivity contribution is -0.246. The van der Waals surface area contributed by atoms with Crippen molar-refractivity contribution in [1.82, 2.24) is 0 Å². The molecule has 0 aliphatic heterocycles. The topological polar surface area (TPSA) is 55.8 Å². The Morgan fingerprint density at radius 1 is 0.708 bits per heavy atom. The van der Waals surface area contributed by atoms with E-state index in [9.17, 15) is 9.90 Å². The number of carboxylic acid groups (broad SMARTS) is 1. The van der Waals surface area contributed by atoms with Crippen LogP contribution in [0.1, 0.15) is 104 Å². The Bertz CT molecular complexity index is 273. The Labute approximate surface area is 149 Å². The van der Waals surface area contributed by atoms with Crippen LogP contribution in [0.2, 0.25) is 0 Å². The third kappa shape index (κ3) is 11.0. The number of aliphatic carboxylic acids is 1. The zero-order valence-electron chi connectivity index (χ0n) is 16.3. The second-order valence-electron chi connectivity index (χ2n) is 6.64. The van der Waals surface area contributed by atoms with Crippen molar-refractivity contribution >= 4 is 5.97 Å². The second-order valence-corrected chi connectivity index (χ2v) is 6.64. The number of rotatable bonds is 18. The van der Waals surface area contributed by atoms with Crippen LogP contribution in [-0.2, 0) is 14.3 Å². The standard InChI is InChI=1S/C20H40O4/c1-4-7-9-11-13-15-17-23-20(6-3,19(21)22)24-18-16-14-12-10-8-5-2/h4-18H2,1-3H3,(H,21,22). The van der Waals surface area contributed by atoms with Crippen molar-refractivity contribution in [2.75, 3.05) is 13.2 Å². The molecule has 0 aliphatic rings. The van der Waals surface area contributed by atoms with Gasteiger partial charge in [-0.2, -0.15) is 0 Å². The largest absolute Gasteiger partial charge is 0.477 e. The molecule has 0 fully saturated rings. The summed E-state index contributed by atoms with van der Waals surface area (Å²) in [6.07, 6.45) is 14.3. The molecule has 0 aliphatic carbocycles. The van der Waals surface area contributed by atoms with Gasteiger partial charge in [-0.15, -0.1) is 0 Å². The molecule has 0 radical (unpaired) electrons. The molecule has 4 nitrogen and oxygen atoms in total. The molecule has 0 rings (SSSR count). The van der Waals surface area contributed by atoms with E-state index in [4.69, 9.17) is 9.47 Å². The van der Waals surface area contributed by atoms with Crippen molar-refractivity contribution in [3.05, 3.63) is 0 Å². The van der Waals surface area contributed by atoms with Crippen LogP contribution in [0, 0.1) is 0 Å². The lowest BCUT2D eigenvalue weighted by atomic mass is 10.1. The summed E-state index contributed by atoms with van der Waals surface area (Å²) in [5, 5.41) is 9.52. The molecule has 4 heteroatoms. The number of unbranched alkanes of at least 4 members (excludes halogenated alkanes) is 10. The average Bonchev–Trinajstić information content (AvgIpc) is 2.58. The third-order valence-electron chi connectivity index (χ3n) is 4.46. The Balaban J connectivity index is 3.97. The Kier molecular flexibility index (Phi) is 15.5. The molecule has 0 aromatic heterocycles. The number of carbonyl (C=O) groups is 1. The fourth-order valence-electron chi connectivity index (χ4n) is 2.76. The van der Waals surface area contributed by atoms with Gasteiger partial charge in [0.15, 0.2) is 0 Å². The first-order valence-corrected chi connectivity index (χ1v) is 10.1. The first-order chi connectivity index (χ1) is 11.6. The maximum absolute atomic E-state index is 11.6. The number of hydrogen-bond donors (Lipinski definition) is 1. The van der Waals surface area contributed by atoms with Crippen LogP contribution in [0.4, 0.5) is 0 Å². The van der Waals surface area contributed by atoms with E-state index in [-0.39, 0.29) is 0 Å².